The monoisotopic (exact) mass is 348 g/mol. The molecule has 1 fully saturated rings. The van der Waals surface area contributed by atoms with Crippen LogP contribution in [-0.2, 0) is 10.0 Å². The van der Waals surface area contributed by atoms with Gasteiger partial charge in [0.05, 0.1) is 6.04 Å². The molecule has 0 spiro atoms. The van der Waals surface area contributed by atoms with Gasteiger partial charge in [0.15, 0.2) is 11.5 Å². The molecular formula is C17H20N2O4S. The summed E-state index contributed by atoms with van der Waals surface area (Å²) in [5.74, 6) is 0.0868. The summed E-state index contributed by atoms with van der Waals surface area (Å²) in [4.78, 5) is 12.9. The first-order chi connectivity index (χ1) is 11.3. The predicted molar refractivity (Wildman–Crippen MR) is 88.4 cm³/mol. The van der Waals surface area contributed by atoms with Gasteiger partial charge in [-0.15, -0.1) is 0 Å². The van der Waals surface area contributed by atoms with E-state index >= 15 is 0 Å². The van der Waals surface area contributed by atoms with Crippen molar-refractivity contribution < 1.29 is 17.7 Å². The summed E-state index contributed by atoms with van der Waals surface area (Å²) in [6.07, 6.45) is 1.18. The molecule has 24 heavy (non-hydrogen) atoms. The number of benzene rings is 1. The fraction of sp³-hybridized carbons (Fsp3) is 0.412. The van der Waals surface area contributed by atoms with E-state index in [1.807, 2.05) is 19.1 Å². The van der Waals surface area contributed by atoms with Gasteiger partial charge in [0, 0.05) is 12.1 Å². The number of aryl methyl sites for hydroxylation is 3. The Hall–Kier alpha value is -1.99. The van der Waals surface area contributed by atoms with Crippen molar-refractivity contribution in [3.05, 3.63) is 46.8 Å². The molecule has 2 aromatic rings. The highest BCUT2D eigenvalue weighted by molar-refractivity contribution is 7.89. The first-order valence-corrected chi connectivity index (χ1v) is 9.32. The summed E-state index contributed by atoms with van der Waals surface area (Å²) in [6.45, 7) is 5.43. The third-order valence-corrected chi connectivity index (χ3v) is 6.53. The lowest BCUT2D eigenvalue weighted by atomic mass is 10.0. The summed E-state index contributed by atoms with van der Waals surface area (Å²) in [6, 6.07) is 6.53. The van der Waals surface area contributed by atoms with Gasteiger partial charge in [0.1, 0.15) is 10.6 Å². The van der Waals surface area contributed by atoms with Crippen LogP contribution in [0.25, 0.3) is 0 Å². The summed E-state index contributed by atoms with van der Waals surface area (Å²) in [5.41, 5.74) is 1.91. The highest BCUT2D eigenvalue weighted by Gasteiger charge is 2.41. The van der Waals surface area contributed by atoms with Gasteiger partial charge >= 0.3 is 0 Å². The van der Waals surface area contributed by atoms with Crippen LogP contribution >= 0.6 is 0 Å². The van der Waals surface area contributed by atoms with E-state index in [1.165, 1.54) is 4.31 Å². The zero-order valence-electron chi connectivity index (χ0n) is 13.9. The molecule has 1 aliphatic rings. The average molecular weight is 348 g/mol. The van der Waals surface area contributed by atoms with Crippen molar-refractivity contribution in [2.75, 3.05) is 6.54 Å². The van der Waals surface area contributed by atoms with E-state index in [1.54, 1.807) is 26.0 Å². The average Bonchev–Trinajstić information content (AvgIpc) is 3.15. The predicted octanol–water partition coefficient (Wildman–Crippen LogP) is 2.64. The summed E-state index contributed by atoms with van der Waals surface area (Å²) in [5, 5.41) is 3.73. The van der Waals surface area contributed by atoms with Crippen LogP contribution in [0.2, 0.25) is 0 Å². The summed E-state index contributed by atoms with van der Waals surface area (Å²) >= 11 is 0. The molecule has 1 aromatic carbocycles. The Kier molecular flexibility index (Phi) is 4.31. The molecule has 0 N–H and O–H groups in total. The lowest BCUT2D eigenvalue weighted by Gasteiger charge is -2.23. The number of ketones is 1. The Bertz CT molecular complexity index is 849. The van der Waals surface area contributed by atoms with Gasteiger partial charge in [-0.1, -0.05) is 35.0 Å². The molecule has 7 heteroatoms. The topological polar surface area (TPSA) is 80.5 Å². The third kappa shape index (κ3) is 2.78. The molecule has 1 aromatic heterocycles. The number of aromatic nitrogens is 1. The second-order valence-electron chi connectivity index (χ2n) is 6.16. The molecule has 6 nitrogen and oxygen atoms in total. The number of hydrogen-bond acceptors (Lipinski definition) is 5. The molecule has 1 aliphatic heterocycles. The Labute approximate surface area is 141 Å². The first kappa shape index (κ1) is 16.9. The molecule has 3 rings (SSSR count). The Morgan fingerprint density at radius 1 is 1.21 bits per heavy atom. The van der Waals surface area contributed by atoms with Crippen LogP contribution in [0.4, 0.5) is 0 Å². The minimum absolute atomic E-state index is 0.0751. The fourth-order valence-corrected chi connectivity index (χ4v) is 5.11. The second-order valence-corrected chi connectivity index (χ2v) is 7.98. The number of carbonyl (C=O) groups excluding carboxylic acids is 1. The van der Waals surface area contributed by atoms with Gasteiger partial charge in [-0.3, -0.25) is 4.79 Å². The molecule has 1 atom stereocenters. The van der Waals surface area contributed by atoms with Crippen molar-refractivity contribution in [3.63, 3.8) is 0 Å². The van der Waals surface area contributed by atoms with Crippen molar-refractivity contribution in [3.8, 4) is 0 Å². The minimum atomic E-state index is -3.81. The van der Waals surface area contributed by atoms with E-state index in [4.69, 9.17) is 4.52 Å². The molecule has 0 bridgehead atoms. The van der Waals surface area contributed by atoms with Crippen molar-refractivity contribution in [2.24, 2.45) is 0 Å². The molecule has 0 saturated carbocycles. The van der Waals surface area contributed by atoms with Crippen LogP contribution in [0.5, 0.6) is 0 Å². The zero-order valence-corrected chi connectivity index (χ0v) is 14.8. The van der Waals surface area contributed by atoms with E-state index < -0.39 is 16.1 Å². The molecule has 0 amide bonds. The van der Waals surface area contributed by atoms with Gasteiger partial charge in [-0.25, -0.2) is 8.42 Å². The normalized spacial score (nSPS) is 18.9. The molecule has 2 heterocycles. The Morgan fingerprint density at radius 2 is 1.88 bits per heavy atom. The molecule has 0 radical (unpaired) electrons. The van der Waals surface area contributed by atoms with Crippen LogP contribution in [0.1, 0.15) is 40.2 Å². The third-order valence-electron chi connectivity index (χ3n) is 4.38. The Morgan fingerprint density at radius 3 is 2.46 bits per heavy atom. The maximum atomic E-state index is 13.0. The number of carbonyl (C=O) groups is 1. The van der Waals surface area contributed by atoms with Gasteiger partial charge in [0.25, 0.3) is 0 Å². The maximum Gasteiger partial charge on any atom is 0.249 e. The van der Waals surface area contributed by atoms with Gasteiger partial charge in [-0.05, 0) is 33.6 Å². The number of hydrogen-bond donors (Lipinski definition) is 0. The van der Waals surface area contributed by atoms with Gasteiger partial charge in [-0.2, -0.15) is 4.31 Å². The number of rotatable bonds is 4. The summed E-state index contributed by atoms with van der Waals surface area (Å²) in [7, 11) is -3.81. The van der Waals surface area contributed by atoms with Crippen LogP contribution in [0.3, 0.4) is 0 Å². The highest BCUT2D eigenvalue weighted by Crippen LogP contribution is 2.31. The molecule has 1 unspecified atom stereocenters. The van der Waals surface area contributed by atoms with Crippen molar-refractivity contribution >= 4 is 15.8 Å². The van der Waals surface area contributed by atoms with E-state index in [-0.39, 0.29) is 16.4 Å². The lowest BCUT2D eigenvalue weighted by Crippen LogP contribution is -2.40. The van der Waals surface area contributed by atoms with Crippen molar-refractivity contribution in [1.82, 2.24) is 9.46 Å². The van der Waals surface area contributed by atoms with Gasteiger partial charge < -0.3 is 4.52 Å². The van der Waals surface area contributed by atoms with Crippen LogP contribution < -0.4 is 0 Å². The lowest BCUT2D eigenvalue weighted by molar-refractivity contribution is 0.0918. The quantitative estimate of drug-likeness (QED) is 0.794. The zero-order chi connectivity index (χ0) is 17.5. The van der Waals surface area contributed by atoms with Crippen LogP contribution in [0, 0.1) is 20.8 Å². The molecule has 1 saturated heterocycles. The number of Topliss-reactive ketones (excluding diaryl/α,β-unsaturated/α-hetero) is 1. The van der Waals surface area contributed by atoms with Crippen molar-refractivity contribution in [2.45, 2.75) is 44.6 Å². The van der Waals surface area contributed by atoms with E-state index in [2.05, 4.69) is 5.16 Å². The minimum Gasteiger partial charge on any atom is -0.360 e. The van der Waals surface area contributed by atoms with E-state index in [0.717, 1.165) is 5.56 Å². The Balaban J connectivity index is 1.96. The van der Waals surface area contributed by atoms with E-state index in [0.29, 0.717) is 30.6 Å². The molecule has 128 valence electrons. The second kappa shape index (κ2) is 6.14. The molecular weight excluding hydrogens is 328 g/mol. The smallest absolute Gasteiger partial charge is 0.249 e. The first-order valence-electron chi connectivity index (χ1n) is 7.88. The maximum absolute atomic E-state index is 13.0. The van der Waals surface area contributed by atoms with Crippen molar-refractivity contribution in [1.29, 1.82) is 0 Å². The van der Waals surface area contributed by atoms with Crippen LogP contribution in [-0.4, -0.2) is 36.2 Å². The van der Waals surface area contributed by atoms with Crippen LogP contribution in [0.15, 0.2) is 33.7 Å². The number of nitrogens with zero attached hydrogens (tertiary/aromatic N) is 2. The standard InChI is InChI=1S/C17H20N2O4S/c1-11-6-8-14(9-7-11)16(20)15-5-4-10-19(15)24(21,22)17-12(2)18-23-13(17)3/h6-9,15H,4-5,10H2,1-3H3. The van der Waals surface area contributed by atoms with Gasteiger partial charge in [0.2, 0.25) is 10.0 Å². The number of sulfonamides is 1. The largest absolute Gasteiger partial charge is 0.360 e. The summed E-state index contributed by atoms with van der Waals surface area (Å²) < 4.78 is 32.3. The van der Waals surface area contributed by atoms with E-state index in [9.17, 15) is 13.2 Å². The fourth-order valence-electron chi connectivity index (χ4n) is 3.16. The highest BCUT2D eigenvalue weighted by atomic mass is 32.2. The SMILES string of the molecule is Cc1ccc(C(=O)C2CCCN2S(=O)(=O)c2c(C)noc2C)cc1. The molecule has 0 aliphatic carbocycles.